The third kappa shape index (κ3) is 1.64. The van der Waals surface area contributed by atoms with Crippen molar-refractivity contribution in [3.05, 3.63) is 12.1 Å². The van der Waals surface area contributed by atoms with E-state index in [1.54, 1.807) is 14.2 Å². The van der Waals surface area contributed by atoms with Crippen molar-refractivity contribution in [2.75, 3.05) is 31.4 Å². The van der Waals surface area contributed by atoms with Crippen LogP contribution in [0.4, 0.5) is 11.4 Å². The number of carbonyl (C=O) groups is 1. The Morgan fingerprint density at radius 2 is 2.19 bits per heavy atom. The predicted molar refractivity (Wildman–Crippen MR) is 61.5 cm³/mol. The summed E-state index contributed by atoms with van der Waals surface area (Å²) in [5, 5.41) is 6.27. The molecular formula is C11H14N2O3. The zero-order valence-corrected chi connectivity index (χ0v) is 9.24. The maximum absolute atomic E-state index is 10.7. The van der Waals surface area contributed by atoms with Crippen LogP contribution in [0, 0.1) is 0 Å². The SMILES string of the molecule is COc1ccc2c(c1OC)NC(C=O)CN2. The number of benzene rings is 1. The van der Waals surface area contributed by atoms with E-state index in [-0.39, 0.29) is 6.04 Å². The van der Waals surface area contributed by atoms with Crippen LogP contribution in [0.25, 0.3) is 0 Å². The van der Waals surface area contributed by atoms with E-state index in [1.165, 1.54) is 0 Å². The predicted octanol–water partition coefficient (Wildman–Crippen LogP) is 1.11. The Kier molecular flexibility index (Phi) is 2.85. The van der Waals surface area contributed by atoms with Crippen LogP contribution in [-0.2, 0) is 4.79 Å². The van der Waals surface area contributed by atoms with Gasteiger partial charge in [0.25, 0.3) is 0 Å². The maximum atomic E-state index is 10.7. The quantitative estimate of drug-likeness (QED) is 0.750. The molecule has 1 aliphatic rings. The summed E-state index contributed by atoms with van der Waals surface area (Å²) in [6, 6.07) is 3.48. The lowest BCUT2D eigenvalue weighted by molar-refractivity contribution is -0.108. The first-order chi connectivity index (χ1) is 7.80. The van der Waals surface area contributed by atoms with Gasteiger partial charge in [0, 0.05) is 6.54 Å². The number of aldehydes is 1. The lowest BCUT2D eigenvalue weighted by atomic mass is 10.1. The van der Waals surface area contributed by atoms with Crippen LogP contribution >= 0.6 is 0 Å². The molecule has 1 aromatic carbocycles. The van der Waals surface area contributed by atoms with Crippen molar-refractivity contribution in [2.45, 2.75) is 6.04 Å². The summed E-state index contributed by atoms with van der Waals surface area (Å²) in [6.07, 6.45) is 0.870. The smallest absolute Gasteiger partial charge is 0.186 e. The standard InChI is InChI=1S/C11H14N2O3/c1-15-9-4-3-8-10(11(9)16-2)13-7(6-14)5-12-8/h3-4,6-7,12-13H,5H2,1-2H3. The normalized spacial score (nSPS) is 17.8. The second kappa shape index (κ2) is 4.30. The zero-order valence-electron chi connectivity index (χ0n) is 9.24. The Hall–Kier alpha value is -1.91. The first-order valence-electron chi connectivity index (χ1n) is 5.00. The van der Waals surface area contributed by atoms with Crippen molar-refractivity contribution in [3.8, 4) is 11.5 Å². The second-order valence-electron chi connectivity index (χ2n) is 3.49. The molecule has 2 N–H and O–H groups in total. The molecule has 1 atom stereocenters. The largest absolute Gasteiger partial charge is 0.493 e. The summed E-state index contributed by atoms with van der Waals surface area (Å²) in [5.74, 6) is 1.25. The summed E-state index contributed by atoms with van der Waals surface area (Å²) >= 11 is 0. The van der Waals surface area contributed by atoms with Crippen LogP contribution in [0.2, 0.25) is 0 Å². The molecule has 0 spiro atoms. The Labute approximate surface area is 93.7 Å². The summed E-state index contributed by atoms with van der Waals surface area (Å²) < 4.78 is 10.5. The van der Waals surface area contributed by atoms with Gasteiger partial charge in [0.1, 0.15) is 12.0 Å². The van der Waals surface area contributed by atoms with Gasteiger partial charge in [-0.15, -0.1) is 0 Å². The monoisotopic (exact) mass is 222 g/mol. The zero-order chi connectivity index (χ0) is 11.5. The van der Waals surface area contributed by atoms with Crippen molar-refractivity contribution < 1.29 is 14.3 Å². The van der Waals surface area contributed by atoms with Gasteiger partial charge in [0.2, 0.25) is 0 Å². The van der Waals surface area contributed by atoms with Gasteiger partial charge in [0.15, 0.2) is 11.5 Å². The Morgan fingerprint density at radius 3 is 2.81 bits per heavy atom. The molecular weight excluding hydrogens is 208 g/mol. The van der Waals surface area contributed by atoms with E-state index in [9.17, 15) is 4.79 Å². The average molecular weight is 222 g/mol. The fourth-order valence-electron chi connectivity index (χ4n) is 1.76. The lowest BCUT2D eigenvalue weighted by Gasteiger charge is -2.27. The van der Waals surface area contributed by atoms with Crippen molar-refractivity contribution in [1.82, 2.24) is 0 Å². The molecule has 86 valence electrons. The molecule has 1 aromatic rings. The molecule has 1 unspecified atom stereocenters. The van der Waals surface area contributed by atoms with Gasteiger partial charge < -0.3 is 24.9 Å². The molecule has 1 aliphatic heterocycles. The molecule has 0 radical (unpaired) electrons. The van der Waals surface area contributed by atoms with E-state index in [1.807, 2.05) is 12.1 Å². The fraction of sp³-hybridized carbons (Fsp3) is 0.364. The molecule has 5 nitrogen and oxygen atoms in total. The Balaban J connectivity index is 2.45. The van der Waals surface area contributed by atoms with E-state index in [0.717, 1.165) is 17.7 Å². The number of hydrogen-bond donors (Lipinski definition) is 2. The summed E-state index contributed by atoms with van der Waals surface area (Å²) in [7, 11) is 3.15. The minimum atomic E-state index is -0.242. The van der Waals surface area contributed by atoms with Gasteiger partial charge >= 0.3 is 0 Å². The molecule has 16 heavy (non-hydrogen) atoms. The van der Waals surface area contributed by atoms with E-state index >= 15 is 0 Å². The number of anilines is 2. The Bertz CT molecular complexity index is 406. The van der Waals surface area contributed by atoms with Crippen molar-refractivity contribution in [3.63, 3.8) is 0 Å². The summed E-state index contributed by atoms with van der Waals surface area (Å²) in [6.45, 7) is 0.575. The van der Waals surface area contributed by atoms with Gasteiger partial charge in [-0.05, 0) is 12.1 Å². The van der Waals surface area contributed by atoms with Crippen LogP contribution in [0.5, 0.6) is 11.5 Å². The van der Waals surface area contributed by atoms with Gasteiger partial charge in [-0.25, -0.2) is 0 Å². The van der Waals surface area contributed by atoms with E-state index < -0.39 is 0 Å². The maximum Gasteiger partial charge on any atom is 0.186 e. The fourth-order valence-corrected chi connectivity index (χ4v) is 1.76. The number of ether oxygens (including phenoxy) is 2. The van der Waals surface area contributed by atoms with Crippen LogP contribution in [0.3, 0.4) is 0 Å². The number of fused-ring (bicyclic) bond motifs is 1. The molecule has 0 amide bonds. The second-order valence-corrected chi connectivity index (χ2v) is 3.49. The highest BCUT2D eigenvalue weighted by Gasteiger charge is 2.22. The third-order valence-corrected chi connectivity index (χ3v) is 2.55. The highest BCUT2D eigenvalue weighted by Crippen LogP contribution is 2.42. The van der Waals surface area contributed by atoms with Crippen molar-refractivity contribution in [1.29, 1.82) is 0 Å². The first-order valence-corrected chi connectivity index (χ1v) is 5.00. The Morgan fingerprint density at radius 1 is 1.38 bits per heavy atom. The summed E-state index contributed by atoms with van der Waals surface area (Å²) in [5.41, 5.74) is 1.68. The van der Waals surface area contributed by atoms with Crippen LogP contribution in [-0.4, -0.2) is 33.1 Å². The van der Waals surface area contributed by atoms with Gasteiger partial charge in [-0.2, -0.15) is 0 Å². The topological polar surface area (TPSA) is 59.6 Å². The molecule has 0 bridgehead atoms. The van der Waals surface area contributed by atoms with E-state index in [0.29, 0.717) is 18.0 Å². The molecule has 1 heterocycles. The number of methoxy groups -OCH3 is 2. The minimum Gasteiger partial charge on any atom is -0.493 e. The average Bonchev–Trinajstić information content (AvgIpc) is 2.36. The highest BCUT2D eigenvalue weighted by molar-refractivity contribution is 5.84. The molecule has 0 saturated heterocycles. The number of rotatable bonds is 3. The minimum absolute atomic E-state index is 0.242. The van der Waals surface area contributed by atoms with Crippen molar-refractivity contribution in [2.24, 2.45) is 0 Å². The first kappa shape index (κ1) is 10.6. The van der Waals surface area contributed by atoms with E-state index in [4.69, 9.17) is 9.47 Å². The molecule has 0 fully saturated rings. The highest BCUT2D eigenvalue weighted by atomic mass is 16.5. The van der Waals surface area contributed by atoms with Crippen LogP contribution < -0.4 is 20.1 Å². The van der Waals surface area contributed by atoms with E-state index in [2.05, 4.69) is 10.6 Å². The number of carbonyl (C=O) groups excluding carboxylic acids is 1. The summed E-state index contributed by atoms with van der Waals surface area (Å²) in [4.78, 5) is 10.7. The molecule has 2 rings (SSSR count). The van der Waals surface area contributed by atoms with Crippen LogP contribution in [0.15, 0.2) is 12.1 Å². The van der Waals surface area contributed by atoms with Gasteiger partial charge in [0.05, 0.1) is 25.9 Å². The van der Waals surface area contributed by atoms with Gasteiger partial charge in [-0.3, -0.25) is 0 Å². The number of nitrogens with one attached hydrogen (secondary N) is 2. The molecule has 0 saturated carbocycles. The number of hydrogen-bond acceptors (Lipinski definition) is 5. The van der Waals surface area contributed by atoms with Gasteiger partial charge in [-0.1, -0.05) is 0 Å². The lowest BCUT2D eigenvalue weighted by Crippen LogP contribution is -2.34. The molecule has 0 aliphatic carbocycles. The van der Waals surface area contributed by atoms with Crippen LogP contribution in [0.1, 0.15) is 0 Å². The molecule has 0 aromatic heterocycles. The molecule has 5 heteroatoms. The third-order valence-electron chi connectivity index (χ3n) is 2.55. The van der Waals surface area contributed by atoms with Crippen molar-refractivity contribution >= 4 is 17.7 Å².